The second kappa shape index (κ2) is 10.0. The van der Waals surface area contributed by atoms with Crippen LogP contribution in [0.2, 0.25) is 0 Å². The molecule has 2 aliphatic rings. The average Bonchev–Trinajstić information content (AvgIpc) is 2.83. The summed E-state index contributed by atoms with van der Waals surface area (Å²) in [6.45, 7) is 7.30. The summed E-state index contributed by atoms with van der Waals surface area (Å²) in [4.78, 5) is 15.6. The van der Waals surface area contributed by atoms with Crippen LogP contribution in [0.25, 0.3) is 0 Å². The van der Waals surface area contributed by atoms with Gasteiger partial charge in [0.1, 0.15) is 5.54 Å². The summed E-state index contributed by atoms with van der Waals surface area (Å²) in [7, 11) is -3.66. The maximum Gasteiger partial charge on any atom is 0.254 e. The lowest BCUT2D eigenvalue weighted by Crippen LogP contribution is -2.47. The number of nitrogens with one attached hydrogen (secondary N) is 1. The Morgan fingerprint density at radius 2 is 1.77 bits per heavy atom. The van der Waals surface area contributed by atoms with E-state index in [1.807, 2.05) is 13.8 Å². The second-order valence-electron chi connectivity index (χ2n) is 8.13. The fraction of sp³-hybridized carbons (Fsp3) is 0.609. The molecule has 8 heteroatoms. The summed E-state index contributed by atoms with van der Waals surface area (Å²) in [6, 6.07) is 4.86. The number of anilines is 1. The van der Waals surface area contributed by atoms with Gasteiger partial charge >= 0.3 is 0 Å². The topological polar surface area (TPSA) is 79.0 Å². The van der Waals surface area contributed by atoms with Crippen molar-refractivity contribution in [1.29, 1.82) is 0 Å². The number of nitrogens with zero attached hydrogens (tertiary/aromatic N) is 2. The largest absolute Gasteiger partial charge is 0.378 e. The molecule has 2 aliphatic heterocycles. The van der Waals surface area contributed by atoms with Crippen molar-refractivity contribution < 1.29 is 17.9 Å². The van der Waals surface area contributed by atoms with Crippen LogP contribution in [0.1, 0.15) is 56.3 Å². The molecule has 2 fully saturated rings. The number of terminal acetylenes is 1. The van der Waals surface area contributed by atoms with E-state index in [9.17, 15) is 13.2 Å². The van der Waals surface area contributed by atoms with Crippen LogP contribution in [0.15, 0.2) is 23.1 Å². The molecule has 3 rings (SSSR count). The molecule has 2 saturated heterocycles. The zero-order valence-corrected chi connectivity index (χ0v) is 19.3. The number of piperidine rings is 1. The van der Waals surface area contributed by atoms with E-state index >= 15 is 0 Å². The number of amides is 1. The highest BCUT2D eigenvalue weighted by Gasteiger charge is 2.31. The SMILES string of the molecule is C#CC(CC)(CC)NC(=O)c1cc(S(=O)(=O)N2CCCCC2)ccc1N1CCOCC1. The number of rotatable bonds is 7. The third kappa shape index (κ3) is 5.05. The highest BCUT2D eigenvalue weighted by molar-refractivity contribution is 7.89. The van der Waals surface area contributed by atoms with Crippen molar-refractivity contribution in [2.45, 2.75) is 56.4 Å². The lowest BCUT2D eigenvalue weighted by Gasteiger charge is -2.32. The van der Waals surface area contributed by atoms with Crippen molar-refractivity contribution in [2.75, 3.05) is 44.3 Å². The van der Waals surface area contributed by atoms with Crippen LogP contribution in [0, 0.1) is 12.3 Å². The van der Waals surface area contributed by atoms with Crippen LogP contribution < -0.4 is 10.2 Å². The molecular weight excluding hydrogens is 414 g/mol. The van der Waals surface area contributed by atoms with E-state index < -0.39 is 15.6 Å². The van der Waals surface area contributed by atoms with Crippen LogP contribution in [0.5, 0.6) is 0 Å². The Morgan fingerprint density at radius 1 is 1.13 bits per heavy atom. The summed E-state index contributed by atoms with van der Waals surface area (Å²) in [5, 5.41) is 2.99. The number of carbonyl (C=O) groups excluding carboxylic acids is 1. The molecule has 1 aromatic rings. The van der Waals surface area contributed by atoms with E-state index in [0.717, 1.165) is 19.3 Å². The number of ether oxygens (including phenoxy) is 1. The third-order valence-corrected chi connectivity index (χ3v) is 8.25. The van der Waals surface area contributed by atoms with Gasteiger partial charge in [0.2, 0.25) is 10.0 Å². The molecule has 0 spiro atoms. The third-order valence-electron chi connectivity index (χ3n) is 6.35. The lowest BCUT2D eigenvalue weighted by molar-refractivity contribution is 0.0915. The van der Waals surface area contributed by atoms with Crippen LogP contribution in [-0.4, -0.2) is 63.6 Å². The molecule has 170 valence electrons. The van der Waals surface area contributed by atoms with Gasteiger partial charge in [-0.25, -0.2) is 8.42 Å². The van der Waals surface area contributed by atoms with Crippen molar-refractivity contribution >= 4 is 21.6 Å². The van der Waals surface area contributed by atoms with Crippen LogP contribution >= 0.6 is 0 Å². The molecule has 0 aliphatic carbocycles. The van der Waals surface area contributed by atoms with Gasteiger partial charge in [0.05, 0.1) is 23.7 Å². The number of hydrogen-bond donors (Lipinski definition) is 1. The van der Waals surface area contributed by atoms with Gasteiger partial charge in [0, 0.05) is 31.9 Å². The number of carbonyl (C=O) groups is 1. The van der Waals surface area contributed by atoms with E-state index in [2.05, 4.69) is 16.1 Å². The first kappa shape index (κ1) is 23.6. The molecule has 7 nitrogen and oxygen atoms in total. The zero-order valence-electron chi connectivity index (χ0n) is 18.5. The zero-order chi connectivity index (χ0) is 22.5. The molecule has 0 bridgehead atoms. The Bertz CT molecular complexity index is 923. The summed E-state index contributed by atoms with van der Waals surface area (Å²) in [6.07, 6.45) is 9.67. The first-order chi connectivity index (χ1) is 14.9. The van der Waals surface area contributed by atoms with Crippen molar-refractivity contribution in [2.24, 2.45) is 0 Å². The Balaban J connectivity index is 2.01. The van der Waals surface area contributed by atoms with Gasteiger partial charge in [-0.1, -0.05) is 26.2 Å². The van der Waals surface area contributed by atoms with E-state index in [4.69, 9.17) is 11.2 Å². The fourth-order valence-corrected chi connectivity index (χ4v) is 5.69. The van der Waals surface area contributed by atoms with E-state index in [-0.39, 0.29) is 10.8 Å². The minimum atomic E-state index is -3.66. The summed E-state index contributed by atoms with van der Waals surface area (Å²) >= 11 is 0. The number of sulfonamides is 1. The van der Waals surface area contributed by atoms with Crippen molar-refractivity contribution in [3.05, 3.63) is 23.8 Å². The van der Waals surface area contributed by atoms with Gasteiger partial charge in [0.25, 0.3) is 5.91 Å². The van der Waals surface area contributed by atoms with Gasteiger partial charge in [-0.05, 0) is 43.9 Å². The number of morpholine rings is 1. The first-order valence-corrected chi connectivity index (χ1v) is 12.6. The monoisotopic (exact) mass is 447 g/mol. The van der Waals surface area contributed by atoms with E-state index in [1.165, 1.54) is 10.4 Å². The Morgan fingerprint density at radius 3 is 2.35 bits per heavy atom. The minimum absolute atomic E-state index is 0.149. The lowest BCUT2D eigenvalue weighted by atomic mass is 9.93. The smallest absolute Gasteiger partial charge is 0.254 e. The number of benzene rings is 1. The standard InChI is InChI=1S/C23H33N3O4S/c1-4-23(5-2,6-3)24-22(27)20-18-19(31(28,29)26-12-8-7-9-13-26)10-11-21(20)25-14-16-30-17-15-25/h1,10-11,18H,5-9,12-17H2,2-3H3,(H,24,27). The van der Waals surface area contributed by atoms with Crippen molar-refractivity contribution in [3.63, 3.8) is 0 Å². The molecule has 0 unspecified atom stereocenters. The molecule has 0 aromatic heterocycles. The van der Waals surface area contributed by atoms with Crippen LogP contribution in [0.4, 0.5) is 5.69 Å². The number of hydrogen-bond acceptors (Lipinski definition) is 5. The van der Waals surface area contributed by atoms with Gasteiger partial charge < -0.3 is 15.0 Å². The average molecular weight is 448 g/mol. The maximum atomic E-state index is 13.4. The Hall–Kier alpha value is -2.08. The fourth-order valence-electron chi connectivity index (χ4n) is 4.14. The normalized spacial score (nSPS) is 18.4. The highest BCUT2D eigenvalue weighted by atomic mass is 32.2. The predicted molar refractivity (Wildman–Crippen MR) is 122 cm³/mol. The van der Waals surface area contributed by atoms with Crippen LogP contribution in [-0.2, 0) is 14.8 Å². The summed E-state index contributed by atoms with van der Waals surface area (Å²) in [5.41, 5.74) is 0.277. The second-order valence-corrected chi connectivity index (χ2v) is 10.1. The van der Waals surface area contributed by atoms with Crippen molar-refractivity contribution in [1.82, 2.24) is 9.62 Å². The Labute approximate surface area is 186 Å². The van der Waals surface area contributed by atoms with E-state index in [1.54, 1.807) is 12.1 Å². The Kier molecular flexibility index (Phi) is 7.63. The van der Waals surface area contributed by atoms with E-state index in [0.29, 0.717) is 63.5 Å². The molecule has 0 saturated carbocycles. The van der Waals surface area contributed by atoms with Crippen LogP contribution in [0.3, 0.4) is 0 Å². The van der Waals surface area contributed by atoms with Crippen molar-refractivity contribution in [3.8, 4) is 12.3 Å². The molecule has 0 radical (unpaired) electrons. The first-order valence-electron chi connectivity index (χ1n) is 11.1. The molecule has 31 heavy (non-hydrogen) atoms. The molecule has 2 heterocycles. The van der Waals surface area contributed by atoms with Gasteiger partial charge in [-0.15, -0.1) is 6.42 Å². The summed E-state index contributed by atoms with van der Waals surface area (Å²) in [5.74, 6) is 2.37. The molecule has 1 N–H and O–H groups in total. The quantitative estimate of drug-likeness (QED) is 0.650. The molecular formula is C23H33N3O4S. The summed E-state index contributed by atoms with van der Waals surface area (Å²) < 4.78 is 33.4. The molecule has 1 amide bonds. The molecule has 1 aromatic carbocycles. The highest BCUT2D eigenvalue weighted by Crippen LogP contribution is 2.29. The molecule has 0 atom stereocenters. The van der Waals surface area contributed by atoms with Gasteiger partial charge in [0.15, 0.2) is 0 Å². The minimum Gasteiger partial charge on any atom is -0.378 e. The van der Waals surface area contributed by atoms with Gasteiger partial charge in [-0.2, -0.15) is 4.31 Å². The van der Waals surface area contributed by atoms with Gasteiger partial charge in [-0.3, -0.25) is 4.79 Å². The predicted octanol–water partition coefficient (Wildman–Crippen LogP) is 2.62. The maximum absolute atomic E-state index is 13.4.